The first-order valence-electron chi connectivity index (χ1n) is 7.62. The molecule has 2 aromatic rings. The fourth-order valence-corrected chi connectivity index (χ4v) is 2.78. The molecule has 0 amide bonds. The summed E-state index contributed by atoms with van der Waals surface area (Å²) in [6.45, 7) is 5.35. The molecular formula is C19H23N. The Morgan fingerprint density at radius 1 is 1.05 bits per heavy atom. The second kappa shape index (κ2) is 5.80. The lowest BCUT2D eigenvalue weighted by Crippen LogP contribution is -2.18. The Hall–Kier alpha value is -1.60. The number of hydrogen-bond acceptors (Lipinski definition) is 1. The maximum atomic E-state index is 3.62. The Morgan fingerprint density at radius 2 is 1.75 bits per heavy atom. The molecule has 1 nitrogen and oxygen atoms in total. The van der Waals surface area contributed by atoms with Crippen molar-refractivity contribution in [2.45, 2.75) is 45.2 Å². The first-order chi connectivity index (χ1) is 9.74. The molecule has 1 aliphatic rings. The highest BCUT2D eigenvalue weighted by Crippen LogP contribution is 2.39. The van der Waals surface area contributed by atoms with Crippen LogP contribution in [0.25, 0.3) is 0 Å². The molecule has 0 spiro atoms. The third kappa shape index (κ3) is 3.10. The van der Waals surface area contributed by atoms with Crippen LogP contribution in [0.5, 0.6) is 0 Å². The minimum absolute atomic E-state index is 0.388. The quantitative estimate of drug-likeness (QED) is 0.824. The average Bonchev–Trinajstić information content (AvgIpc) is 3.30. The third-order valence-electron chi connectivity index (χ3n) is 4.30. The fourth-order valence-electron chi connectivity index (χ4n) is 2.78. The van der Waals surface area contributed by atoms with Crippen LogP contribution in [-0.2, 0) is 6.54 Å². The zero-order valence-electron chi connectivity index (χ0n) is 12.4. The highest BCUT2D eigenvalue weighted by atomic mass is 14.9. The molecule has 0 saturated heterocycles. The molecule has 2 aromatic carbocycles. The maximum Gasteiger partial charge on any atom is 0.0297 e. The lowest BCUT2D eigenvalue weighted by Gasteiger charge is -2.16. The van der Waals surface area contributed by atoms with Gasteiger partial charge in [0.05, 0.1) is 0 Å². The molecule has 3 rings (SSSR count). The predicted octanol–water partition coefficient (Wildman–Crippen LogP) is 4.72. The van der Waals surface area contributed by atoms with Gasteiger partial charge in [-0.25, -0.2) is 0 Å². The third-order valence-corrected chi connectivity index (χ3v) is 4.30. The van der Waals surface area contributed by atoms with E-state index in [-0.39, 0.29) is 0 Å². The average molecular weight is 265 g/mol. The Bertz CT molecular complexity index is 567. The largest absolute Gasteiger partial charge is 0.306 e. The highest BCUT2D eigenvalue weighted by Gasteiger charge is 2.22. The van der Waals surface area contributed by atoms with Crippen molar-refractivity contribution in [2.75, 3.05) is 0 Å². The molecule has 20 heavy (non-hydrogen) atoms. The van der Waals surface area contributed by atoms with Gasteiger partial charge in [0.25, 0.3) is 0 Å². The Morgan fingerprint density at radius 3 is 2.40 bits per heavy atom. The van der Waals surface area contributed by atoms with E-state index in [4.69, 9.17) is 0 Å². The summed E-state index contributed by atoms with van der Waals surface area (Å²) in [4.78, 5) is 0. The molecular weight excluding hydrogens is 242 g/mol. The van der Waals surface area contributed by atoms with E-state index in [1.165, 1.54) is 35.1 Å². The van der Waals surface area contributed by atoms with Crippen molar-refractivity contribution in [3.63, 3.8) is 0 Å². The Labute approximate surface area is 122 Å². The molecule has 1 N–H and O–H groups in total. The van der Waals surface area contributed by atoms with Gasteiger partial charge in [-0.2, -0.15) is 0 Å². The van der Waals surface area contributed by atoms with Crippen LogP contribution in [-0.4, -0.2) is 0 Å². The summed E-state index contributed by atoms with van der Waals surface area (Å²) in [7, 11) is 0. The monoisotopic (exact) mass is 265 g/mol. The van der Waals surface area contributed by atoms with E-state index in [0.717, 1.165) is 12.5 Å². The molecule has 0 aliphatic heterocycles. The molecule has 1 atom stereocenters. The highest BCUT2D eigenvalue weighted by molar-refractivity contribution is 5.30. The van der Waals surface area contributed by atoms with E-state index in [1.54, 1.807) is 0 Å². The van der Waals surface area contributed by atoms with Crippen LogP contribution < -0.4 is 5.32 Å². The van der Waals surface area contributed by atoms with Gasteiger partial charge in [0.15, 0.2) is 0 Å². The summed E-state index contributed by atoms with van der Waals surface area (Å²) in [5.74, 6) is 0.850. The second-order valence-electron chi connectivity index (χ2n) is 5.98. The van der Waals surface area contributed by atoms with Gasteiger partial charge in [-0.05, 0) is 54.9 Å². The topological polar surface area (TPSA) is 12.0 Å². The van der Waals surface area contributed by atoms with E-state index in [0.29, 0.717) is 6.04 Å². The number of hydrogen-bond donors (Lipinski definition) is 1. The first-order valence-corrected chi connectivity index (χ1v) is 7.62. The van der Waals surface area contributed by atoms with Gasteiger partial charge >= 0.3 is 0 Å². The molecule has 1 saturated carbocycles. The predicted molar refractivity (Wildman–Crippen MR) is 84.9 cm³/mol. The van der Waals surface area contributed by atoms with Gasteiger partial charge in [-0.3, -0.25) is 0 Å². The molecule has 1 heteroatoms. The van der Waals surface area contributed by atoms with Crippen molar-refractivity contribution in [3.8, 4) is 0 Å². The van der Waals surface area contributed by atoms with Crippen LogP contribution >= 0.6 is 0 Å². The maximum absolute atomic E-state index is 3.62. The van der Waals surface area contributed by atoms with Gasteiger partial charge in [-0.15, -0.1) is 0 Å². The molecule has 0 radical (unpaired) electrons. The van der Waals surface area contributed by atoms with Gasteiger partial charge in [0.2, 0.25) is 0 Å². The molecule has 0 heterocycles. The van der Waals surface area contributed by atoms with Crippen LogP contribution in [0.1, 0.15) is 54.0 Å². The molecule has 0 aromatic heterocycles. The molecule has 0 bridgehead atoms. The molecule has 1 fully saturated rings. The SMILES string of the molecule is Cc1ccccc1[C@H](C)NCc1ccc(C2CC2)cc1. The Kier molecular flexibility index (Phi) is 3.88. The van der Waals surface area contributed by atoms with Gasteiger partial charge in [0, 0.05) is 12.6 Å². The standard InChI is InChI=1S/C19H23N/c1-14-5-3-4-6-19(14)15(2)20-13-16-7-9-17(10-8-16)18-11-12-18/h3-10,15,18,20H,11-13H2,1-2H3/t15-/m0/s1. The summed E-state index contributed by atoms with van der Waals surface area (Å²) in [5.41, 5.74) is 5.63. The second-order valence-corrected chi connectivity index (χ2v) is 5.98. The number of aryl methyl sites for hydroxylation is 1. The van der Waals surface area contributed by atoms with Crippen molar-refractivity contribution >= 4 is 0 Å². The van der Waals surface area contributed by atoms with Gasteiger partial charge < -0.3 is 5.32 Å². The smallest absolute Gasteiger partial charge is 0.0297 e. The zero-order valence-corrected chi connectivity index (χ0v) is 12.4. The Balaban J connectivity index is 1.59. The van der Waals surface area contributed by atoms with Crippen LogP contribution in [0, 0.1) is 6.92 Å². The van der Waals surface area contributed by atoms with Crippen molar-refractivity contribution in [1.82, 2.24) is 5.32 Å². The van der Waals surface area contributed by atoms with Crippen molar-refractivity contribution in [1.29, 1.82) is 0 Å². The van der Waals surface area contributed by atoms with E-state index >= 15 is 0 Å². The van der Waals surface area contributed by atoms with Gasteiger partial charge in [-0.1, -0.05) is 48.5 Å². The van der Waals surface area contributed by atoms with Crippen LogP contribution in [0.3, 0.4) is 0 Å². The van der Waals surface area contributed by atoms with E-state index < -0.39 is 0 Å². The zero-order chi connectivity index (χ0) is 13.9. The number of benzene rings is 2. The van der Waals surface area contributed by atoms with Crippen molar-refractivity contribution in [2.24, 2.45) is 0 Å². The number of nitrogens with one attached hydrogen (secondary N) is 1. The van der Waals surface area contributed by atoms with Crippen molar-refractivity contribution < 1.29 is 0 Å². The van der Waals surface area contributed by atoms with Crippen molar-refractivity contribution in [3.05, 3.63) is 70.8 Å². The minimum Gasteiger partial charge on any atom is -0.306 e. The van der Waals surface area contributed by atoms with Gasteiger partial charge in [0.1, 0.15) is 0 Å². The normalized spacial score (nSPS) is 16.1. The minimum atomic E-state index is 0.388. The van der Waals surface area contributed by atoms with Crippen LogP contribution in [0.4, 0.5) is 0 Å². The molecule has 0 unspecified atom stereocenters. The van der Waals surface area contributed by atoms with E-state index in [9.17, 15) is 0 Å². The fraction of sp³-hybridized carbons (Fsp3) is 0.368. The summed E-state index contributed by atoms with van der Waals surface area (Å²) < 4.78 is 0. The molecule has 1 aliphatic carbocycles. The molecule has 104 valence electrons. The first kappa shape index (κ1) is 13.4. The number of rotatable bonds is 5. The summed E-state index contributed by atoms with van der Waals surface area (Å²) in [5, 5.41) is 3.62. The lowest BCUT2D eigenvalue weighted by molar-refractivity contribution is 0.572. The van der Waals surface area contributed by atoms with Crippen LogP contribution in [0.15, 0.2) is 48.5 Å². The van der Waals surface area contributed by atoms with Crippen LogP contribution in [0.2, 0.25) is 0 Å². The summed E-state index contributed by atoms with van der Waals surface area (Å²) in [6, 6.07) is 18.1. The summed E-state index contributed by atoms with van der Waals surface area (Å²) in [6.07, 6.45) is 2.75. The lowest BCUT2D eigenvalue weighted by atomic mass is 10.0. The van der Waals surface area contributed by atoms with E-state index in [2.05, 4.69) is 67.7 Å². The van der Waals surface area contributed by atoms with E-state index in [1.807, 2.05) is 0 Å². The summed E-state index contributed by atoms with van der Waals surface area (Å²) >= 11 is 0.